The van der Waals surface area contributed by atoms with Crippen LogP contribution in [-0.4, -0.2) is 53.6 Å². The fraction of sp³-hybridized carbons (Fsp3) is 0.333. The van der Waals surface area contributed by atoms with Crippen LogP contribution in [0.1, 0.15) is 11.1 Å². The number of amides is 2. The van der Waals surface area contributed by atoms with Crippen LogP contribution in [-0.2, 0) is 27.3 Å². The van der Waals surface area contributed by atoms with Gasteiger partial charge in [-0.15, -0.1) is 0 Å². The van der Waals surface area contributed by atoms with Crippen LogP contribution in [0.4, 0.5) is 0 Å². The number of hydrogen-bond acceptors (Lipinski definition) is 4. The van der Waals surface area contributed by atoms with E-state index in [2.05, 4.69) is 22.4 Å². The van der Waals surface area contributed by atoms with Gasteiger partial charge in [0.05, 0.1) is 31.6 Å². The highest BCUT2D eigenvalue weighted by molar-refractivity contribution is 5.93. The topological polar surface area (TPSA) is 83.7 Å². The average molecular weight is 458 g/mol. The Balaban J connectivity index is 1.16. The quantitative estimate of drug-likeness (QED) is 0.535. The Morgan fingerprint density at radius 3 is 2.91 bits per heavy atom. The van der Waals surface area contributed by atoms with Gasteiger partial charge in [-0.25, -0.2) is 0 Å². The van der Waals surface area contributed by atoms with E-state index in [9.17, 15) is 9.59 Å². The van der Waals surface area contributed by atoms with Crippen molar-refractivity contribution >= 4 is 22.7 Å². The third kappa shape index (κ3) is 3.22. The number of nitrogens with one attached hydrogen (secondary N) is 2. The number of aromatic nitrogens is 1. The van der Waals surface area contributed by atoms with Crippen LogP contribution >= 0.6 is 0 Å². The summed E-state index contributed by atoms with van der Waals surface area (Å²) in [5.74, 6) is -0.430. The Morgan fingerprint density at radius 2 is 2.03 bits per heavy atom. The first kappa shape index (κ1) is 21.0. The van der Waals surface area contributed by atoms with Crippen LogP contribution in [0.25, 0.3) is 10.9 Å². The van der Waals surface area contributed by atoms with E-state index < -0.39 is 17.4 Å². The van der Waals surface area contributed by atoms with E-state index in [1.54, 1.807) is 7.11 Å². The number of fused-ring (bicyclic) bond motifs is 2. The molecular formula is C27H27N3O4. The minimum absolute atomic E-state index is 0.00383. The number of carbonyl (C=O) groups excluding carboxylic acids is 2. The summed E-state index contributed by atoms with van der Waals surface area (Å²) in [6.07, 6.45) is 6.34. The van der Waals surface area contributed by atoms with Crippen LogP contribution in [0.15, 0.2) is 66.9 Å². The van der Waals surface area contributed by atoms with Crippen molar-refractivity contribution in [3.05, 3.63) is 78.0 Å². The zero-order valence-corrected chi connectivity index (χ0v) is 19.0. The SMILES string of the molecule is COc1ccccc1CNC(=O)[C@@H]1[C@H]2C=C[C@@]3(CN(CCc4c[nH]c5ccccc45)C(=O)[C@@H]13)O2. The molecule has 2 bridgehead atoms. The Labute approximate surface area is 197 Å². The van der Waals surface area contributed by atoms with Crippen molar-refractivity contribution in [1.82, 2.24) is 15.2 Å². The van der Waals surface area contributed by atoms with Gasteiger partial charge in [0.1, 0.15) is 11.4 Å². The second kappa shape index (κ2) is 8.02. The number of benzene rings is 2. The molecule has 0 unspecified atom stereocenters. The van der Waals surface area contributed by atoms with E-state index in [1.165, 1.54) is 10.9 Å². The standard InChI is InChI=1S/C27H27N3O4/c1-33-21-9-5-2-6-18(21)15-29-25(31)23-22-10-12-27(34-22)16-30(26(32)24(23)27)13-11-17-14-28-20-8-4-3-7-19(17)20/h2-10,12,14,22-24,28H,11,13,15-16H2,1H3,(H,29,31)/t22-,23-,24-,27+/m1/s1. The molecular weight excluding hydrogens is 430 g/mol. The summed E-state index contributed by atoms with van der Waals surface area (Å²) in [6.45, 7) is 1.42. The van der Waals surface area contributed by atoms with Gasteiger partial charge in [-0.2, -0.15) is 0 Å². The van der Waals surface area contributed by atoms with E-state index in [0.29, 0.717) is 19.6 Å². The largest absolute Gasteiger partial charge is 0.496 e. The van der Waals surface area contributed by atoms with Gasteiger partial charge in [-0.1, -0.05) is 48.6 Å². The number of nitrogens with zero attached hydrogens (tertiary/aromatic N) is 1. The molecule has 7 heteroatoms. The lowest BCUT2D eigenvalue weighted by Crippen LogP contribution is -2.44. The Morgan fingerprint density at radius 1 is 1.21 bits per heavy atom. The number of ether oxygens (including phenoxy) is 2. The number of likely N-dealkylation sites (tertiary alicyclic amines) is 1. The van der Waals surface area contributed by atoms with Gasteiger partial charge < -0.3 is 24.7 Å². The number of para-hydroxylation sites is 2. The molecule has 6 rings (SSSR count). The average Bonchev–Trinajstić information content (AvgIpc) is 3.61. The highest BCUT2D eigenvalue weighted by atomic mass is 16.5. The summed E-state index contributed by atoms with van der Waals surface area (Å²) in [4.78, 5) is 31.9. The molecule has 7 nitrogen and oxygen atoms in total. The van der Waals surface area contributed by atoms with Crippen molar-refractivity contribution < 1.29 is 19.1 Å². The molecule has 3 aliphatic heterocycles. The fourth-order valence-electron chi connectivity index (χ4n) is 5.81. The zero-order chi connectivity index (χ0) is 23.3. The van der Waals surface area contributed by atoms with Gasteiger partial charge in [0.15, 0.2) is 0 Å². The first-order valence-corrected chi connectivity index (χ1v) is 11.7. The minimum Gasteiger partial charge on any atom is -0.496 e. The molecule has 3 aromatic rings. The van der Waals surface area contributed by atoms with Gasteiger partial charge in [0.25, 0.3) is 0 Å². The van der Waals surface area contributed by atoms with E-state index in [4.69, 9.17) is 9.47 Å². The van der Waals surface area contributed by atoms with E-state index in [0.717, 1.165) is 23.3 Å². The van der Waals surface area contributed by atoms with E-state index in [-0.39, 0.29) is 17.9 Å². The smallest absolute Gasteiger partial charge is 0.230 e. The van der Waals surface area contributed by atoms with Crippen LogP contribution in [0, 0.1) is 11.8 Å². The summed E-state index contributed by atoms with van der Waals surface area (Å²) >= 11 is 0. The maximum Gasteiger partial charge on any atom is 0.230 e. The predicted octanol–water partition coefficient (Wildman–Crippen LogP) is 2.82. The molecule has 1 aromatic heterocycles. The highest BCUT2D eigenvalue weighted by Gasteiger charge is 2.66. The Kier molecular flexibility index (Phi) is 4.95. The molecule has 2 aromatic carbocycles. The monoisotopic (exact) mass is 457 g/mol. The normalized spacial score (nSPS) is 26.9. The summed E-state index contributed by atoms with van der Waals surface area (Å²) in [6, 6.07) is 15.8. The molecule has 2 N–H and O–H groups in total. The highest BCUT2D eigenvalue weighted by Crippen LogP contribution is 2.51. The number of carbonyl (C=O) groups is 2. The van der Waals surface area contributed by atoms with Gasteiger partial charge in [-0.3, -0.25) is 9.59 Å². The van der Waals surface area contributed by atoms with Gasteiger partial charge >= 0.3 is 0 Å². The summed E-state index contributed by atoms with van der Waals surface area (Å²) in [5.41, 5.74) is 2.47. The molecule has 0 aliphatic carbocycles. The second-order valence-corrected chi connectivity index (χ2v) is 9.30. The first-order chi connectivity index (χ1) is 16.6. The van der Waals surface area contributed by atoms with E-state index in [1.807, 2.05) is 59.6 Å². The van der Waals surface area contributed by atoms with E-state index >= 15 is 0 Å². The van der Waals surface area contributed by atoms with Crippen LogP contribution in [0.5, 0.6) is 5.75 Å². The molecule has 1 spiro atoms. The van der Waals surface area contributed by atoms with Gasteiger partial charge in [0, 0.05) is 35.8 Å². The number of H-pyrrole nitrogens is 1. The lowest BCUT2D eigenvalue weighted by atomic mass is 9.77. The predicted molar refractivity (Wildman–Crippen MR) is 127 cm³/mol. The molecule has 2 fully saturated rings. The number of aromatic amines is 1. The van der Waals surface area contributed by atoms with Crippen molar-refractivity contribution in [3.8, 4) is 5.75 Å². The van der Waals surface area contributed by atoms with Crippen molar-refractivity contribution in [1.29, 1.82) is 0 Å². The molecule has 2 saturated heterocycles. The van der Waals surface area contributed by atoms with Crippen LogP contribution in [0.3, 0.4) is 0 Å². The van der Waals surface area contributed by atoms with Crippen molar-refractivity contribution in [2.24, 2.45) is 11.8 Å². The first-order valence-electron chi connectivity index (χ1n) is 11.7. The Bertz CT molecular complexity index is 1300. The van der Waals surface area contributed by atoms with Gasteiger partial charge in [0.2, 0.25) is 11.8 Å². The van der Waals surface area contributed by atoms with Crippen molar-refractivity contribution in [2.45, 2.75) is 24.7 Å². The van der Waals surface area contributed by atoms with Crippen LogP contribution in [0.2, 0.25) is 0 Å². The summed E-state index contributed by atoms with van der Waals surface area (Å²) in [7, 11) is 1.61. The second-order valence-electron chi connectivity index (χ2n) is 9.30. The summed E-state index contributed by atoms with van der Waals surface area (Å²) < 4.78 is 11.6. The third-order valence-electron chi connectivity index (χ3n) is 7.45. The number of methoxy groups -OCH3 is 1. The minimum atomic E-state index is -0.700. The van der Waals surface area contributed by atoms with Crippen molar-refractivity contribution in [2.75, 3.05) is 20.2 Å². The number of rotatable bonds is 7. The maximum absolute atomic E-state index is 13.5. The molecule has 0 radical (unpaired) electrons. The molecule has 174 valence electrons. The maximum atomic E-state index is 13.5. The summed E-state index contributed by atoms with van der Waals surface area (Å²) in [5, 5.41) is 4.19. The third-order valence-corrected chi connectivity index (χ3v) is 7.45. The zero-order valence-electron chi connectivity index (χ0n) is 19.0. The molecule has 4 atom stereocenters. The molecule has 4 heterocycles. The molecule has 2 amide bonds. The van der Waals surface area contributed by atoms with Gasteiger partial charge in [-0.05, 0) is 24.1 Å². The lowest BCUT2D eigenvalue weighted by molar-refractivity contribution is -0.137. The lowest BCUT2D eigenvalue weighted by Gasteiger charge is -2.23. The molecule has 34 heavy (non-hydrogen) atoms. The Hall–Kier alpha value is -3.58. The van der Waals surface area contributed by atoms with Crippen molar-refractivity contribution in [3.63, 3.8) is 0 Å². The molecule has 0 saturated carbocycles. The van der Waals surface area contributed by atoms with Crippen LogP contribution < -0.4 is 10.1 Å². The molecule has 3 aliphatic rings. The fourth-order valence-corrected chi connectivity index (χ4v) is 5.81. The number of hydrogen-bond donors (Lipinski definition) is 2.